The molecule has 0 radical (unpaired) electrons. The molecule has 0 aromatic heterocycles. The Labute approximate surface area is 128 Å². The number of anilines is 1. The summed E-state index contributed by atoms with van der Waals surface area (Å²) in [6, 6.07) is 10.3. The molecule has 0 bridgehead atoms. The maximum absolute atomic E-state index is 6.20. The SMILES string of the molecule is Cc1cc(C)c(CNc2ccc(Br)cc2Cl)cc1C. The van der Waals surface area contributed by atoms with Crippen molar-refractivity contribution in [3.8, 4) is 0 Å². The van der Waals surface area contributed by atoms with Gasteiger partial charge in [0.2, 0.25) is 0 Å². The van der Waals surface area contributed by atoms with Gasteiger partial charge in [-0.15, -0.1) is 0 Å². The monoisotopic (exact) mass is 337 g/mol. The van der Waals surface area contributed by atoms with Gasteiger partial charge in [0, 0.05) is 11.0 Å². The lowest BCUT2D eigenvalue weighted by atomic mass is 10.0. The molecule has 0 fully saturated rings. The Balaban J connectivity index is 2.16. The number of benzene rings is 2. The summed E-state index contributed by atoms with van der Waals surface area (Å²) < 4.78 is 0.991. The highest BCUT2D eigenvalue weighted by Crippen LogP contribution is 2.26. The molecule has 100 valence electrons. The number of hydrogen-bond donors (Lipinski definition) is 1. The van der Waals surface area contributed by atoms with Gasteiger partial charge in [-0.25, -0.2) is 0 Å². The van der Waals surface area contributed by atoms with Gasteiger partial charge in [0.25, 0.3) is 0 Å². The first kappa shape index (κ1) is 14.4. The molecular weight excluding hydrogens is 322 g/mol. The third-order valence-electron chi connectivity index (χ3n) is 3.35. The van der Waals surface area contributed by atoms with Crippen LogP contribution in [-0.2, 0) is 6.54 Å². The smallest absolute Gasteiger partial charge is 0.0648 e. The van der Waals surface area contributed by atoms with Gasteiger partial charge in [0.1, 0.15) is 0 Å². The van der Waals surface area contributed by atoms with E-state index in [1.165, 1.54) is 22.3 Å². The lowest BCUT2D eigenvalue weighted by Gasteiger charge is -2.13. The van der Waals surface area contributed by atoms with Crippen molar-refractivity contribution in [1.29, 1.82) is 0 Å². The molecule has 0 amide bonds. The number of rotatable bonds is 3. The summed E-state index contributed by atoms with van der Waals surface area (Å²) in [5, 5.41) is 4.12. The Morgan fingerprint density at radius 2 is 1.68 bits per heavy atom. The Bertz CT molecular complexity index is 608. The fourth-order valence-corrected chi connectivity index (χ4v) is 2.77. The van der Waals surface area contributed by atoms with Crippen LogP contribution >= 0.6 is 27.5 Å². The molecule has 0 unspecified atom stereocenters. The first-order chi connectivity index (χ1) is 8.97. The van der Waals surface area contributed by atoms with Gasteiger partial charge in [-0.3, -0.25) is 0 Å². The maximum Gasteiger partial charge on any atom is 0.0648 e. The number of hydrogen-bond acceptors (Lipinski definition) is 1. The van der Waals surface area contributed by atoms with Crippen molar-refractivity contribution < 1.29 is 0 Å². The molecule has 3 heteroatoms. The van der Waals surface area contributed by atoms with Gasteiger partial charge in [-0.05, 0) is 61.2 Å². The third kappa shape index (κ3) is 3.52. The van der Waals surface area contributed by atoms with Gasteiger partial charge in [0.15, 0.2) is 0 Å². The predicted octanol–water partition coefficient (Wildman–Crippen LogP) is 5.64. The van der Waals surface area contributed by atoms with Crippen LogP contribution in [0.4, 0.5) is 5.69 Å². The van der Waals surface area contributed by atoms with E-state index in [0.29, 0.717) is 0 Å². The second-order valence-corrected chi connectivity index (χ2v) is 6.16. The summed E-state index contributed by atoms with van der Waals surface area (Å²) in [6.45, 7) is 7.22. The maximum atomic E-state index is 6.20. The zero-order valence-electron chi connectivity index (χ0n) is 11.3. The molecule has 0 aliphatic rings. The molecular formula is C16H17BrClN. The molecule has 0 aliphatic carbocycles. The van der Waals surface area contributed by atoms with Crippen LogP contribution in [0.2, 0.25) is 5.02 Å². The molecule has 0 aliphatic heterocycles. The topological polar surface area (TPSA) is 12.0 Å². The lowest BCUT2D eigenvalue weighted by Crippen LogP contribution is -2.03. The number of aryl methyl sites for hydroxylation is 3. The minimum atomic E-state index is 0.732. The lowest BCUT2D eigenvalue weighted by molar-refractivity contribution is 1.10. The van der Waals surface area contributed by atoms with Crippen LogP contribution in [0.25, 0.3) is 0 Å². The third-order valence-corrected chi connectivity index (χ3v) is 4.16. The first-order valence-electron chi connectivity index (χ1n) is 6.23. The molecule has 1 nitrogen and oxygen atoms in total. The van der Waals surface area contributed by atoms with Crippen LogP contribution < -0.4 is 5.32 Å². The second-order valence-electron chi connectivity index (χ2n) is 4.84. The largest absolute Gasteiger partial charge is 0.380 e. The Morgan fingerprint density at radius 1 is 1.00 bits per heavy atom. The van der Waals surface area contributed by atoms with E-state index in [1.807, 2.05) is 18.2 Å². The van der Waals surface area contributed by atoms with E-state index in [4.69, 9.17) is 11.6 Å². The zero-order chi connectivity index (χ0) is 14.0. The van der Waals surface area contributed by atoms with Gasteiger partial charge in [-0.2, -0.15) is 0 Å². The van der Waals surface area contributed by atoms with Crippen molar-refractivity contribution in [3.63, 3.8) is 0 Å². The predicted molar refractivity (Wildman–Crippen MR) is 87.1 cm³/mol. The van der Waals surface area contributed by atoms with Crippen molar-refractivity contribution in [1.82, 2.24) is 0 Å². The van der Waals surface area contributed by atoms with Crippen LogP contribution in [-0.4, -0.2) is 0 Å². The van der Waals surface area contributed by atoms with Crippen LogP contribution in [0.1, 0.15) is 22.3 Å². The molecule has 2 rings (SSSR count). The van der Waals surface area contributed by atoms with E-state index in [9.17, 15) is 0 Å². The van der Waals surface area contributed by atoms with Gasteiger partial charge < -0.3 is 5.32 Å². The summed E-state index contributed by atoms with van der Waals surface area (Å²) in [6.07, 6.45) is 0. The highest BCUT2D eigenvalue weighted by molar-refractivity contribution is 9.10. The van der Waals surface area contributed by atoms with Gasteiger partial charge in [0.05, 0.1) is 10.7 Å². The molecule has 2 aromatic carbocycles. The minimum absolute atomic E-state index is 0.732. The average Bonchev–Trinajstić information content (AvgIpc) is 2.34. The normalized spacial score (nSPS) is 10.6. The Hall–Kier alpha value is -0.990. The van der Waals surface area contributed by atoms with Crippen LogP contribution in [0.15, 0.2) is 34.8 Å². The van der Waals surface area contributed by atoms with Crippen molar-refractivity contribution in [2.24, 2.45) is 0 Å². The fraction of sp³-hybridized carbons (Fsp3) is 0.250. The first-order valence-corrected chi connectivity index (χ1v) is 7.40. The van der Waals surface area contributed by atoms with Crippen LogP contribution in [0.3, 0.4) is 0 Å². The second kappa shape index (κ2) is 5.98. The standard InChI is InChI=1S/C16H17BrClN/c1-10-6-12(3)13(7-11(10)2)9-19-16-5-4-14(17)8-15(16)18/h4-8,19H,9H2,1-3H3. The van der Waals surface area contributed by atoms with E-state index in [-0.39, 0.29) is 0 Å². The summed E-state index contributed by atoms with van der Waals surface area (Å²) >= 11 is 9.61. The Kier molecular flexibility index (Phi) is 4.54. The molecule has 0 saturated carbocycles. The molecule has 0 heterocycles. The highest BCUT2D eigenvalue weighted by atomic mass is 79.9. The molecule has 1 N–H and O–H groups in total. The molecule has 0 saturated heterocycles. The average molecular weight is 339 g/mol. The van der Waals surface area contributed by atoms with E-state index >= 15 is 0 Å². The number of nitrogens with one attached hydrogen (secondary N) is 1. The van der Waals surface area contributed by atoms with Crippen molar-refractivity contribution in [3.05, 3.63) is 62.1 Å². The zero-order valence-corrected chi connectivity index (χ0v) is 13.7. The van der Waals surface area contributed by atoms with E-state index < -0.39 is 0 Å². The summed E-state index contributed by atoms with van der Waals surface area (Å²) in [5.74, 6) is 0. The summed E-state index contributed by atoms with van der Waals surface area (Å²) in [7, 11) is 0. The Morgan fingerprint density at radius 3 is 2.37 bits per heavy atom. The quantitative estimate of drug-likeness (QED) is 0.763. The van der Waals surface area contributed by atoms with E-state index in [0.717, 1.165) is 21.7 Å². The van der Waals surface area contributed by atoms with Crippen LogP contribution in [0.5, 0.6) is 0 Å². The molecule has 19 heavy (non-hydrogen) atoms. The highest BCUT2D eigenvalue weighted by Gasteiger charge is 2.04. The van der Waals surface area contributed by atoms with Gasteiger partial charge >= 0.3 is 0 Å². The molecule has 0 atom stereocenters. The van der Waals surface area contributed by atoms with Crippen molar-refractivity contribution in [2.45, 2.75) is 27.3 Å². The molecule has 2 aromatic rings. The van der Waals surface area contributed by atoms with Crippen LogP contribution in [0, 0.1) is 20.8 Å². The van der Waals surface area contributed by atoms with E-state index in [2.05, 4.69) is 54.2 Å². The number of halogens is 2. The summed E-state index contributed by atoms with van der Waals surface area (Å²) in [4.78, 5) is 0. The van der Waals surface area contributed by atoms with E-state index in [1.54, 1.807) is 0 Å². The summed E-state index contributed by atoms with van der Waals surface area (Å²) in [5.41, 5.74) is 6.24. The fourth-order valence-electron chi connectivity index (χ4n) is 2.03. The molecule has 0 spiro atoms. The van der Waals surface area contributed by atoms with Gasteiger partial charge in [-0.1, -0.05) is 39.7 Å². The van der Waals surface area contributed by atoms with Crippen molar-refractivity contribution >= 4 is 33.2 Å². The minimum Gasteiger partial charge on any atom is -0.380 e. The van der Waals surface area contributed by atoms with Crippen molar-refractivity contribution in [2.75, 3.05) is 5.32 Å².